The number of carbonyl (C=O) groups is 1. The molecule has 1 aliphatic rings. The highest BCUT2D eigenvalue weighted by atomic mass is 16.6. The van der Waals surface area contributed by atoms with E-state index in [1.807, 2.05) is 25.1 Å². The lowest BCUT2D eigenvalue weighted by Crippen LogP contribution is -2.29. The van der Waals surface area contributed by atoms with Crippen molar-refractivity contribution in [3.63, 3.8) is 0 Å². The molecule has 0 unspecified atom stereocenters. The first kappa shape index (κ1) is 19.7. The first-order valence-electron chi connectivity index (χ1n) is 9.44. The maximum Gasteiger partial charge on any atom is 0.270 e. The highest BCUT2D eigenvalue weighted by Crippen LogP contribution is 2.28. The third-order valence-corrected chi connectivity index (χ3v) is 5.00. The van der Waals surface area contributed by atoms with Crippen LogP contribution < -0.4 is 15.0 Å². The van der Waals surface area contributed by atoms with Crippen molar-refractivity contribution in [3.8, 4) is 5.75 Å². The number of nitro groups is 1. The monoisotopic (exact) mass is 383 g/mol. The molecule has 2 aromatic carbocycles. The van der Waals surface area contributed by atoms with Gasteiger partial charge < -0.3 is 15.0 Å². The molecule has 0 saturated carbocycles. The van der Waals surface area contributed by atoms with Gasteiger partial charge in [-0.3, -0.25) is 14.9 Å². The molecule has 28 heavy (non-hydrogen) atoms. The van der Waals surface area contributed by atoms with Gasteiger partial charge in [0, 0.05) is 31.8 Å². The number of benzene rings is 2. The Morgan fingerprint density at radius 3 is 2.64 bits per heavy atom. The number of rotatable bonds is 7. The van der Waals surface area contributed by atoms with Gasteiger partial charge in [-0.1, -0.05) is 17.7 Å². The predicted octanol–water partition coefficient (Wildman–Crippen LogP) is 3.48. The summed E-state index contributed by atoms with van der Waals surface area (Å²) in [5.41, 5.74) is 3.17. The summed E-state index contributed by atoms with van der Waals surface area (Å²) in [5.74, 6) is 0.491. The number of hydrogen-bond donors (Lipinski definition) is 1. The molecule has 0 atom stereocenters. The second-order valence-electron chi connectivity index (χ2n) is 6.97. The van der Waals surface area contributed by atoms with Crippen molar-refractivity contribution < 1.29 is 14.5 Å². The zero-order valence-electron chi connectivity index (χ0n) is 16.2. The highest BCUT2D eigenvalue weighted by Gasteiger charge is 2.22. The fourth-order valence-electron chi connectivity index (χ4n) is 3.56. The van der Waals surface area contributed by atoms with E-state index in [2.05, 4.69) is 10.2 Å². The van der Waals surface area contributed by atoms with Crippen LogP contribution >= 0.6 is 0 Å². The number of amides is 1. The first-order chi connectivity index (χ1) is 13.5. The largest absolute Gasteiger partial charge is 0.496 e. The fourth-order valence-corrected chi connectivity index (χ4v) is 3.56. The van der Waals surface area contributed by atoms with Crippen molar-refractivity contribution >= 4 is 17.3 Å². The standard InChI is InChI=1S/C21H25N3O4/c1-15-5-8-20(28-2)16(13-15)9-10-22-21(25)18-14-17(24(26)27)6-7-19(18)23-11-3-4-12-23/h5-8,13-14H,3-4,9-12H2,1-2H3,(H,22,25). The molecule has 0 radical (unpaired) electrons. The number of hydrogen-bond acceptors (Lipinski definition) is 5. The fraction of sp³-hybridized carbons (Fsp3) is 0.381. The number of aryl methyl sites for hydroxylation is 1. The zero-order chi connectivity index (χ0) is 20.1. The summed E-state index contributed by atoms with van der Waals surface area (Å²) in [6, 6.07) is 10.4. The van der Waals surface area contributed by atoms with Crippen LogP contribution in [0.5, 0.6) is 5.75 Å². The summed E-state index contributed by atoms with van der Waals surface area (Å²) in [6.07, 6.45) is 2.74. The molecule has 1 fully saturated rings. The molecule has 1 N–H and O–H groups in total. The summed E-state index contributed by atoms with van der Waals surface area (Å²) in [4.78, 5) is 25.6. The Morgan fingerprint density at radius 1 is 1.21 bits per heavy atom. The summed E-state index contributed by atoms with van der Waals surface area (Å²) in [6.45, 7) is 4.14. The van der Waals surface area contributed by atoms with Gasteiger partial charge in [-0.2, -0.15) is 0 Å². The molecule has 7 heteroatoms. The zero-order valence-corrected chi connectivity index (χ0v) is 16.2. The van der Waals surface area contributed by atoms with E-state index in [1.165, 1.54) is 12.1 Å². The number of methoxy groups -OCH3 is 1. The first-order valence-corrected chi connectivity index (χ1v) is 9.44. The van der Waals surface area contributed by atoms with Crippen LogP contribution in [0.3, 0.4) is 0 Å². The number of nitro benzene ring substituents is 1. The molecule has 1 saturated heterocycles. The lowest BCUT2D eigenvalue weighted by Gasteiger charge is -2.21. The Bertz CT molecular complexity index is 876. The number of non-ortho nitro benzene ring substituents is 1. The van der Waals surface area contributed by atoms with E-state index in [1.54, 1.807) is 13.2 Å². The maximum atomic E-state index is 12.8. The molecule has 0 aliphatic carbocycles. The van der Waals surface area contributed by atoms with Crippen molar-refractivity contribution in [2.75, 3.05) is 31.6 Å². The van der Waals surface area contributed by atoms with Crippen molar-refractivity contribution in [1.82, 2.24) is 5.32 Å². The molecule has 3 rings (SSSR count). The van der Waals surface area contributed by atoms with Gasteiger partial charge in [0.15, 0.2) is 0 Å². The molecular formula is C21H25N3O4. The molecule has 0 spiro atoms. The molecule has 1 aliphatic heterocycles. The van der Waals surface area contributed by atoms with Gasteiger partial charge in [-0.25, -0.2) is 0 Å². The van der Waals surface area contributed by atoms with Gasteiger partial charge in [0.2, 0.25) is 0 Å². The van der Waals surface area contributed by atoms with Crippen LogP contribution in [0, 0.1) is 17.0 Å². The smallest absolute Gasteiger partial charge is 0.270 e. The Hall–Kier alpha value is -3.09. The Balaban J connectivity index is 1.75. The Kier molecular flexibility index (Phi) is 6.13. The van der Waals surface area contributed by atoms with E-state index in [0.717, 1.165) is 48.5 Å². The molecule has 1 amide bonds. The molecule has 2 aromatic rings. The van der Waals surface area contributed by atoms with Gasteiger partial charge in [-0.05, 0) is 43.9 Å². The number of nitrogens with one attached hydrogen (secondary N) is 1. The van der Waals surface area contributed by atoms with Crippen LogP contribution in [-0.4, -0.2) is 37.6 Å². The van der Waals surface area contributed by atoms with Crippen molar-refractivity contribution in [3.05, 3.63) is 63.2 Å². The van der Waals surface area contributed by atoms with E-state index in [9.17, 15) is 14.9 Å². The number of anilines is 1. The van der Waals surface area contributed by atoms with Crippen LogP contribution in [-0.2, 0) is 6.42 Å². The van der Waals surface area contributed by atoms with Crippen LogP contribution in [0.15, 0.2) is 36.4 Å². The average molecular weight is 383 g/mol. The van der Waals surface area contributed by atoms with E-state index >= 15 is 0 Å². The van der Waals surface area contributed by atoms with E-state index < -0.39 is 4.92 Å². The summed E-state index contributed by atoms with van der Waals surface area (Å²) in [5, 5.41) is 14.1. The molecular weight excluding hydrogens is 358 g/mol. The van der Waals surface area contributed by atoms with Crippen LogP contribution in [0.25, 0.3) is 0 Å². The third-order valence-electron chi connectivity index (χ3n) is 5.00. The van der Waals surface area contributed by atoms with E-state index in [4.69, 9.17) is 4.74 Å². The van der Waals surface area contributed by atoms with Gasteiger partial charge in [0.25, 0.3) is 11.6 Å². The molecule has 1 heterocycles. The maximum absolute atomic E-state index is 12.8. The predicted molar refractivity (Wildman–Crippen MR) is 108 cm³/mol. The van der Waals surface area contributed by atoms with Crippen molar-refractivity contribution in [2.24, 2.45) is 0 Å². The molecule has 0 bridgehead atoms. The van der Waals surface area contributed by atoms with E-state index in [-0.39, 0.29) is 11.6 Å². The average Bonchev–Trinajstić information content (AvgIpc) is 3.22. The highest BCUT2D eigenvalue weighted by molar-refractivity contribution is 6.00. The molecule has 7 nitrogen and oxygen atoms in total. The van der Waals surface area contributed by atoms with Crippen LogP contribution in [0.2, 0.25) is 0 Å². The van der Waals surface area contributed by atoms with Gasteiger partial charge in [-0.15, -0.1) is 0 Å². The third kappa shape index (κ3) is 4.42. The minimum absolute atomic E-state index is 0.0755. The minimum Gasteiger partial charge on any atom is -0.496 e. The lowest BCUT2D eigenvalue weighted by molar-refractivity contribution is -0.384. The number of ether oxygens (including phenoxy) is 1. The van der Waals surface area contributed by atoms with Gasteiger partial charge in [0.05, 0.1) is 23.3 Å². The SMILES string of the molecule is COc1ccc(C)cc1CCNC(=O)c1cc([N+](=O)[O-])ccc1N1CCCC1. The number of nitrogens with zero attached hydrogens (tertiary/aromatic N) is 2. The Morgan fingerprint density at radius 2 is 1.96 bits per heavy atom. The van der Waals surface area contributed by atoms with Gasteiger partial charge in [0.1, 0.15) is 5.75 Å². The van der Waals surface area contributed by atoms with Crippen molar-refractivity contribution in [1.29, 1.82) is 0 Å². The second-order valence-corrected chi connectivity index (χ2v) is 6.97. The van der Waals surface area contributed by atoms with Crippen LogP contribution in [0.4, 0.5) is 11.4 Å². The lowest BCUT2D eigenvalue weighted by atomic mass is 10.1. The van der Waals surface area contributed by atoms with Crippen LogP contribution in [0.1, 0.15) is 34.3 Å². The normalized spacial score (nSPS) is 13.4. The molecule has 0 aromatic heterocycles. The quantitative estimate of drug-likeness (QED) is 0.584. The van der Waals surface area contributed by atoms with Crippen molar-refractivity contribution in [2.45, 2.75) is 26.2 Å². The topological polar surface area (TPSA) is 84.7 Å². The summed E-state index contributed by atoms with van der Waals surface area (Å²) >= 11 is 0. The molecule has 148 valence electrons. The summed E-state index contributed by atoms with van der Waals surface area (Å²) < 4.78 is 5.38. The van der Waals surface area contributed by atoms with Gasteiger partial charge >= 0.3 is 0 Å². The summed E-state index contributed by atoms with van der Waals surface area (Å²) in [7, 11) is 1.62. The van der Waals surface area contributed by atoms with E-state index in [0.29, 0.717) is 18.5 Å². The second kappa shape index (κ2) is 8.73. The Labute approximate surface area is 164 Å². The minimum atomic E-state index is -0.470. The number of carbonyl (C=O) groups excluding carboxylic acids is 1.